The maximum Gasteiger partial charge on any atom is 0.431 e. The average Bonchev–Trinajstić information content (AvgIpc) is 3.00. The molecule has 148 valence electrons. The Morgan fingerprint density at radius 1 is 1.04 bits per heavy atom. The summed E-state index contributed by atoms with van der Waals surface area (Å²) in [7, 11) is 0. The number of benzene rings is 1. The van der Waals surface area contributed by atoms with Gasteiger partial charge in [-0.15, -0.1) is 0 Å². The topological polar surface area (TPSA) is 29.3 Å². The highest BCUT2D eigenvalue weighted by Crippen LogP contribution is 2.38. The van der Waals surface area contributed by atoms with Crippen LogP contribution in [0.4, 0.5) is 23.4 Å². The number of pyridine rings is 1. The highest BCUT2D eigenvalue weighted by Gasteiger charge is 2.35. The van der Waals surface area contributed by atoms with Crippen LogP contribution in [-0.4, -0.2) is 15.4 Å². The minimum Gasteiger partial charge on any atom is -0.367 e. The highest BCUT2D eigenvalue weighted by atomic mass is 19.4. The molecule has 0 bridgehead atoms. The van der Waals surface area contributed by atoms with Crippen molar-refractivity contribution in [3.05, 3.63) is 53.5 Å². The lowest BCUT2D eigenvalue weighted by Crippen LogP contribution is -2.24. The molecule has 0 unspecified atom stereocenters. The van der Waals surface area contributed by atoms with Gasteiger partial charge < -0.3 is 5.32 Å². The predicted octanol–water partition coefficient (Wildman–Crippen LogP) is 6.21. The first-order valence-electron chi connectivity index (χ1n) is 9.47. The lowest BCUT2D eigenvalue weighted by molar-refractivity contribution is -0.141. The number of hydrogen-bond acceptors (Lipinski definition) is 2. The molecule has 28 heavy (non-hydrogen) atoms. The van der Waals surface area contributed by atoms with Gasteiger partial charge in [-0.2, -0.15) is 13.2 Å². The fourth-order valence-electron chi connectivity index (χ4n) is 3.99. The van der Waals surface area contributed by atoms with Crippen LogP contribution in [0, 0.1) is 12.7 Å². The SMILES string of the molecule is Cc1cccc(F)c1-c1nc2cccc(C(F)(F)F)n2c1NC1CCCCC1. The van der Waals surface area contributed by atoms with Crippen LogP contribution in [-0.2, 0) is 6.18 Å². The molecule has 0 spiro atoms. The molecule has 3 aromatic rings. The molecule has 3 nitrogen and oxygen atoms in total. The van der Waals surface area contributed by atoms with Gasteiger partial charge >= 0.3 is 6.18 Å². The number of rotatable bonds is 3. The second kappa shape index (κ2) is 7.11. The van der Waals surface area contributed by atoms with Crippen LogP contribution in [0.25, 0.3) is 16.9 Å². The molecule has 0 atom stereocenters. The van der Waals surface area contributed by atoms with Gasteiger partial charge in [0.15, 0.2) is 0 Å². The van der Waals surface area contributed by atoms with Gasteiger partial charge in [-0.3, -0.25) is 4.40 Å². The minimum absolute atomic E-state index is 0.0424. The Morgan fingerprint density at radius 2 is 1.75 bits per heavy atom. The number of imidazole rings is 1. The Balaban J connectivity index is 1.97. The summed E-state index contributed by atoms with van der Waals surface area (Å²) in [5, 5.41) is 3.27. The summed E-state index contributed by atoms with van der Waals surface area (Å²) in [5.74, 6) is -0.285. The smallest absolute Gasteiger partial charge is 0.367 e. The molecule has 0 aliphatic heterocycles. The van der Waals surface area contributed by atoms with E-state index in [2.05, 4.69) is 10.3 Å². The molecular formula is C21H21F4N3. The number of aromatic nitrogens is 2. The van der Waals surface area contributed by atoms with Gasteiger partial charge in [0.2, 0.25) is 0 Å². The average molecular weight is 391 g/mol. The van der Waals surface area contributed by atoms with Gasteiger partial charge in [0.1, 0.15) is 28.7 Å². The first-order chi connectivity index (χ1) is 13.4. The van der Waals surface area contributed by atoms with E-state index in [1.54, 1.807) is 19.1 Å². The van der Waals surface area contributed by atoms with Gasteiger partial charge in [-0.05, 0) is 43.5 Å². The standard InChI is InChI=1S/C21H21F4N3/c1-13-7-5-10-15(22)18(13)19-20(26-14-8-3-2-4-9-14)28-16(21(23,24)25)11-6-12-17(28)27-19/h5-7,10-12,14,26H,2-4,8-9H2,1H3. The number of alkyl halides is 3. The fraction of sp³-hybridized carbons (Fsp3) is 0.381. The molecule has 0 saturated heterocycles. The number of hydrogen-bond donors (Lipinski definition) is 1. The van der Waals surface area contributed by atoms with Gasteiger partial charge in [-0.25, -0.2) is 9.37 Å². The molecule has 0 amide bonds. The minimum atomic E-state index is -4.55. The van der Waals surface area contributed by atoms with E-state index in [9.17, 15) is 17.6 Å². The van der Waals surface area contributed by atoms with E-state index in [4.69, 9.17) is 0 Å². The van der Waals surface area contributed by atoms with Crippen LogP contribution in [0.1, 0.15) is 43.4 Å². The number of aryl methyl sites for hydroxylation is 1. The maximum atomic E-state index is 14.7. The summed E-state index contributed by atoms with van der Waals surface area (Å²) < 4.78 is 56.8. The third kappa shape index (κ3) is 3.34. The molecule has 7 heteroatoms. The third-order valence-electron chi connectivity index (χ3n) is 5.34. The van der Waals surface area contributed by atoms with Crippen molar-refractivity contribution in [2.24, 2.45) is 0 Å². The Morgan fingerprint density at radius 3 is 2.43 bits per heavy atom. The molecule has 2 heterocycles. The normalized spacial score (nSPS) is 15.9. The van der Waals surface area contributed by atoms with Gasteiger partial charge in [-0.1, -0.05) is 37.5 Å². The molecule has 0 radical (unpaired) electrons. The Labute approximate surface area is 160 Å². The molecule has 1 aromatic carbocycles. The van der Waals surface area contributed by atoms with E-state index in [0.29, 0.717) is 5.56 Å². The number of anilines is 1. The monoisotopic (exact) mass is 391 g/mol. The number of nitrogens with zero attached hydrogens (tertiary/aromatic N) is 2. The van der Waals surface area contributed by atoms with E-state index < -0.39 is 17.7 Å². The van der Waals surface area contributed by atoms with Crippen LogP contribution in [0.2, 0.25) is 0 Å². The molecule has 1 saturated carbocycles. The third-order valence-corrected chi connectivity index (χ3v) is 5.34. The van der Waals surface area contributed by atoms with Crippen molar-refractivity contribution in [2.75, 3.05) is 5.32 Å². The van der Waals surface area contributed by atoms with E-state index in [-0.39, 0.29) is 28.8 Å². The summed E-state index contributed by atoms with van der Waals surface area (Å²) in [6.45, 7) is 1.73. The molecule has 2 aromatic heterocycles. The summed E-state index contributed by atoms with van der Waals surface area (Å²) in [6.07, 6.45) is 0.362. The maximum absolute atomic E-state index is 14.7. The quantitative estimate of drug-likeness (QED) is 0.538. The van der Waals surface area contributed by atoms with Crippen molar-refractivity contribution in [3.63, 3.8) is 0 Å². The summed E-state index contributed by atoms with van der Waals surface area (Å²) >= 11 is 0. The van der Waals surface area contributed by atoms with Gasteiger partial charge in [0.05, 0.1) is 0 Å². The van der Waals surface area contributed by atoms with Crippen molar-refractivity contribution in [2.45, 2.75) is 51.2 Å². The lowest BCUT2D eigenvalue weighted by Gasteiger charge is -2.25. The molecule has 1 aliphatic carbocycles. The zero-order valence-electron chi connectivity index (χ0n) is 15.5. The molecule has 1 fully saturated rings. The number of nitrogens with one attached hydrogen (secondary N) is 1. The van der Waals surface area contributed by atoms with Gasteiger partial charge in [0, 0.05) is 11.6 Å². The number of fused-ring (bicyclic) bond motifs is 1. The predicted molar refractivity (Wildman–Crippen MR) is 101 cm³/mol. The van der Waals surface area contributed by atoms with E-state index in [1.807, 2.05) is 0 Å². The Hall–Kier alpha value is -2.57. The summed E-state index contributed by atoms with van der Waals surface area (Å²) in [6, 6.07) is 8.53. The molecular weight excluding hydrogens is 370 g/mol. The highest BCUT2D eigenvalue weighted by molar-refractivity contribution is 5.79. The van der Waals surface area contributed by atoms with E-state index in [1.165, 1.54) is 18.2 Å². The zero-order valence-corrected chi connectivity index (χ0v) is 15.5. The first kappa shape index (κ1) is 18.8. The van der Waals surface area contributed by atoms with E-state index >= 15 is 0 Å². The second-order valence-corrected chi connectivity index (χ2v) is 7.32. The molecule has 1 N–H and O–H groups in total. The van der Waals surface area contributed by atoms with Crippen molar-refractivity contribution in [1.29, 1.82) is 0 Å². The largest absolute Gasteiger partial charge is 0.431 e. The number of halogens is 4. The summed E-state index contributed by atoms with van der Waals surface area (Å²) in [5.41, 5.74) is 0.404. The van der Waals surface area contributed by atoms with Crippen LogP contribution >= 0.6 is 0 Å². The fourth-order valence-corrected chi connectivity index (χ4v) is 3.99. The Kier molecular flexibility index (Phi) is 4.77. The van der Waals surface area contributed by atoms with Crippen molar-refractivity contribution < 1.29 is 17.6 Å². The van der Waals surface area contributed by atoms with Crippen LogP contribution in [0.15, 0.2) is 36.4 Å². The van der Waals surface area contributed by atoms with Crippen LogP contribution < -0.4 is 5.32 Å². The molecule has 4 rings (SSSR count). The lowest BCUT2D eigenvalue weighted by atomic mass is 9.95. The zero-order chi connectivity index (χ0) is 19.9. The molecule has 1 aliphatic rings. The van der Waals surface area contributed by atoms with Crippen molar-refractivity contribution in [3.8, 4) is 11.3 Å². The second-order valence-electron chi connectivity index (χ2n) is 7.32. The van der Waals surface area contributed by atoms with Crippen molar-refractivity contribution in [1.82, 2.24) is 9.38 Å². The van der Waals surface area contributed by atoms with Gasteiger partial charge in [0.25, 0.3) is 0 Å². The Bertz CT molecular complexity index is 981. The van der Waals surface area contributed by atoms with Crippen LogP contribution in [0.5, 0.6) is 0 Å². The van der Waals surface area contributed by atoms with E-state index in [0.717, 1.165) is 42.6 Å². The summed E-state index contributed by atoms with van der Waals surface area (Å²) in [4.78, 5) is 4.40. The van der Waals surface area contributed by atoms with Crippen LogP contribution in [0.3, 0.4) is 0 Å². The first-order valence-corrected chi connectivity index (χ1v) is 9.47. The van der Waals surface area contributed by atoms with Crippen molar-refractivity contribution >= 4 is 11.5 Å².